The quantitative estimate of drug-likeness (QED) is 0.858. The van der Waals surface area contributed by atoms with Gasteiger partial charge in [0.25, 0.3) is 5.91 Å². The summed E-state index contributed by atoms with van der Waals surface area (Å²) in [4.78, 5) is 14.5. The zero-order chi connectivity index (χ0) is 20.4. The summed E-state index contributed by atoms with van der Waals surface area (Å²) in [6.45, 7) is 3.07. The van der Waals surface area contributed by atoms with Crippen molar-refractivity contribution >= 4 is 17.8 Å². The third-order valence-corrected chi connectivity index (χ3v) is 5.92. The minimum absolute atomic E-state index is 0.0178. The third kappa shape index (κ3) is 4.32. The first-order chi connectivity index (χ1) is 13.9. The van der Waals surface area contributed by atoms with Crippen molar-refractivity contribution in [1.82, 2.24) is 4.90 Å². The minimum Gasteiger partial charge on any atom is -0.390 e. The number of rotatable bonds is 4. The topological polar surface area (TPSA) is 56.1 Å². The van der Waals surface area contributed by atoms with E-state index in [1.165, 1.54) is 12.1 Å². The van der Waals surface area contributed by atoms with Crippen LogP contribution in [0.3, 0.4) is 0 Å². The lowest BCUT2D eigenvalue weighted by molar-refractivity contribution is -0.0268. The van der Waals surface area contributed by atoms with Gasteiger partial charge in [-0.3, -0.25) is 9.80 Å². The Balaban J connectivity index is 1.37. The number of anilines is 1. The second-order valence-corrected chi connectivity index (χ2v) is 8.10. The highest BCUT2D eigenvalue weighted by Crippen LogP contribution is 2.33. The van der Waals surface area contributed by atoms with Gasteiger partial charge < -0.3 is 10.0 Å². The molecule has 0 bridgehead atoms. The van der Waals surface area contributed by atoms with E-state index < -0.39 is 5.60 Å². The fraction of sp³-hybridized carbons (Fsp3) is 0.391. The fourth-order valence-corrected chi connectivity index (χ4v) is 4.14. The lowest BCUT2D eigenvalue weighted by atomic mass is 9.84. The molecule has 0 radical (unpaired) electrons. The molecule has 1 atom stereocenters. The number of halogens is 1. The van der Waals surface area contributed by atoms with Crippen molar-refractivity contribution in [2.24, 2.45) is 5.10 Å². The van der Waals surface area contributed by atoms with Crippen LogP contribution >= 0.6 is 0 Å². The van der Waals surface area contributed by atoms with E-state index in [9.17, 15) is 14.3 Å². The Morgan fingerprint density at radius 3 is 2.45 bits per heavy atom. The number of aryl methyl sites for hydroxylation is 1. The Morgan fingerprint density at radius 1 is 1.14 bits per heavy atom. The second-order valence-electron chi connectivity index (χ2n) is 8.10. The molecule has 1 unspecified atom stereocenters. The van der Waals surface area contributed by atoms with Crippen LogP contribution in [0.2, 0.25) is 0 Å². The Kier molecular flexibility index (Phi) is 5.37. The van der Waals surface area contributed by atoms with Crippen LogP contribution in [0.1, 0.15) is 41.6 Å². The van der Waals surface area contributed by atoms with Crippen LogP contribution in [0.15, 0.2) is 53.6 Å². The maximum absolute atomic E-state index is 13.2. The molecular weight excluding hydrogens is 369 g/mol. The van der Waals surface area contributed by atoms with Gasteiger partial charge in [-0.25, -0.2) is 4.39 Å². The monoisotopic (exact) mass is 395 g/mol. The first kappa shape index (κ1) is 19.6. The molecule has 0 aliphatic carbocycles. The minimum atomic E-state index is -0.833. The van der Waals surface area contributed by atoms with Gasteiger partial charge in [0, 0.05) is 31.3 Å². The highest BCUT2D eigenvalue weighted by molar-refractivity contribution is 5.94. The van der Waals surface area contributed by atoms with E-state index in [1.54, 1.807) is 12.1 Å². The van der Waals surface area contributed by atoms with Gasteiger partial charge in [0.1, 0.15) is 5.82 Å². The van der Waals surface area contributed by atoms with Crippen molar-refractivity contribution in [3.8, 4) is 0 Å². The van der Waals surface area contributed by atoms with Crippen molar-refractivity contribution in [3.05, 3.63) is 65.5 Å². The maximum Gasteiger partial charge on any atom is 0.253 e. The van der Waals surface area contributed by atoms with Gasteiger partial charge in [-0.15, -0.1) is 0 Å². The van der Waals surface area contributed by atoms with Gasteiger partial charge in [0.05, 0.1) is 17.3 Å². The average Bonchev–Trinajstić information content (AvgIpc) is 3.17. The van der Waals surface area contributed by atoms with Crippen molar-refractivity contribution in [2.45, 2.75) is 44.2 Å². The van der Waals surface area contributed by atoms with E-state index in [2.05, 4.69) is 5.10 Å². The molecule has 1 N–H and O–H groups in total. The molecule has 0 aromatic heterocycles. The number of aliphatic hydroxyl groups is 1. The van der Waals surface area contributed by atoms with Gasteiger partial charge >= 0.3 is 0 Å². The summed E-state index contributed by atoms with van der Waals surface area (Å²) in [5, 5.41) is 17.4. The number of hydrogen-bond acceptors (Lipinski definition) is 4. The molecule has 152 valence electrons. The molecule has 5 nitrogen and oxygen atoms in total. The fourth-order valence-electron chi connectivity index (χ4n) is 4.14. The van der Waals surface area contributed by atoms with E-state index in [4.69, 9.17) is 0 Å². The second kappa shape index (κ2) is 7.95. The zero-order valence-electron chi connectivity index (χ0n) is 16.6. The van der Waals surface area contributed by atoms with Gasteiger partial charge in [-0.1, -0.05) is 17.7 Å². The molecule has 0 saturated carbocycles. The number of hydrazone groups is 1. The molecular formula is C23H26FN3O2. The maximum atomic E-state index is 13.2. The van der Waals surface area contributed by atoms with Crippen LogP contribution in [0.5, 0.6) is 0 Å². The highest BCUT2D eigenvalue weighted by atomic mass is 19.1. The van der Waals surface area contributed by atoms with E-state index in [0.29, 0.717) is 37.9 Å². The lowest BCUT2D eigenvalue weighted by Gasteiger charge is -2.40. The summed E-state index contributed by atoms with van der Waals surface area (Å²) >= 11 is 0. The van der Waals surface area contributed by atoms with Crippen LogP contribution in [0.25, 0.3) is 0 Å². The SMILES string of the molecule is Cc1ccc(C(=O)N2CCC(O)(CC3CC=NN3c3ccc(F)cc3)CC2)cc1. The number of hydrogen-bond donors (Lipinski definition) is 1. The highest BCUT2D eigenvalue weighted by Gasteiger charge is 2.38. The molecule has 1 saturated heterocycles. The summed E-state index contributed by atoms with van der Waals surface area (Å²) in [6, 6.07) is 13.9. The smallest absolute Gasteiger partial charge is 0.253 e. The van der Waals surface area contributed by atoms with Crippen LogP contribution in [0.4, 0.5) is 10.1 Å². The van der Waals surface area contributed by atoms with E-state index in [0.717, 1.165) is 17.7 Å². The Morgan fingerprint density at radius 2 is 1.79 bits per heavy atom. The van der Waals surface area contributed by atoms with Gasteiger partial charge in [-0.2, -0.15) is 5.10 Å². The predicted molar refractivity (Wildman–Crippen MR) is 112 cm³/mol. The number of piperidine rings is 1. The van der Waals surface area contributed by atoms with Crippen LogP contribution in [-0.2, 0) is 0 Å². The first-order valence-corrected chi connectivity index (χ1v) is 10.1. The number of carbonyl (C=O) groups excluding carboxylic acids is 1. The summed E-state index contributed by atoms with van der Waals surface area (Å²) in [5.41, 5.74) is 1.80. The Hall–Kier alpha value is -2.73. The molecule has 2 aromatic rings. The summed E-state index contributed by atoms with van der Waals surface area (Å²) in [7, 11) is 0. The largest absolute Gasteiger partial charge is 0.390 e. The molecule has 29 heavy (non-hydrogen) atoms. The molecule has 2 aromatic carbocycles. The third-order valence-electron chi connectivity index (χ3n) is 5.92. The predicted octanol–water partition coefficient (Wildman–Crippen LogP) is 3.76. The molecule has 6 heteroatoms. The molecule has 2 aliphatic heterocycles. The number of benzene rings is 2. The van der Waals surface area contributed by atoms with Crippen molar-refractivity contribution in [1.29, 1.82) is 0 Å². The van der Waals surface area contributed by atoms with Crippen LogP contribution < -0.4 is 5.01 Å². The molecule has 1 amide bonds. The number of likely N-dealkylation sites (tertiary alicyclic amines) is 1. The lowest BCUT2D eigenvalue weighted by Crippen LogP contribution is -2.49. The molecule has 0 spiro atoms. The van der Waals surface area contributed by atoms with E-state index in [-0.39, 0.29) is 17.8 Å². The molecule has 1 fully saturated rings. The van der Waals surface area contributed by atoms with E-state index in [1.807, 2.05) is 47.3 Å². The summed E-state index contributed by atoms with van der Waals surface area (Å²) in [6.07, 6.45) is 4.23. The molecule has 4 rings (SSSR count). The number of nitrogens with zero attached hydrogens (tertiary/aromatic N) is 3. The average molecular weight is 395 g/mol. The van der Waals surface area contributed by atoms with Crippen molar-refractivity contribution in [2.75, 3.05) is 18.1 Å². The Bertz CT molecular complexity index is 887. The van der Waals surface area contributed by atoms with Crippen LogP contribution in [-0.4, -0.2) is 46.9 Å². The molecule has 2 heterocycles. The first-order valence-electron chi connectivity index (χ1n) is 10.1. The van der Waals surface area contributed by atoms with Gasteiger partial charge in [0.2, 0.25) is 0 Å². The van der Waals surface area contributed by atoms with Gasteiger partial charge in [-0.05, 0) is 62.6 Å². The summed E-state index contributed by atoms with van der Waals surface area (Å²) < 4.78 is 13.2. The summed E-state index contributed by atoms with van der Waals surface area (Å²) in [5.74, 6) is -0.262. The standard InChI is InChI=1S/C23H26FN3O2/c1-17-2-4-18(5-3-17)22(28)26-14-11-23(29,12-15-26)16-21-10-13-25-27(21)20-8-6-19(24)7-9-20/h2-9,13,21,29H,10-12,14-16H2,1H3. The molecule has 2 aliphatic rings. The van der Waals surface area contributed by atoms with Crippen molar-refractivity contribution < 1.29 is 14.3 Å². The van der Waals surface area contributed by atoms with Gasteiger partial charge in [0.15, 0.2) is 0 Å². The normalized spacial score (nSPS) is 20.9. The Labute approximate surface area is 170 Å². The van der Waals surface area contributed by atoms with Crippen molar-refractivity contribution in [3.63, 3.8) is 0 Å². The van der Waals surface area contributed by atoms with E-state index >= 15 is 0 Å². The zero-order valence-corrected chi connectivity index (χ0v) is 16.6. The van der Waals surface area contributed by atoms with Crippen LogP contribution in [0, 0.1) is 12.7 Å². The number of amides is 1. The number of carbonyl (C=O) groups is 1.